The van der Waals surface area contributed by atoms with Crippen LogP contribution in [0.25, 0.3) is 11.5 Å². The zero-order chi connectivity index (χ0) is 19.8. The summed E-state index contributed by atoms with van der Waals surface area (Å²) in [4.78, 5) is 27.0. The molecule has 0 radical (unpaired) electrons. The Hall–Kier alpha value is -2.46. The summed E-state index contributed by atoms with van der Waals surface area (Å²) in [6, 6.07) is 6.32. The van der Waals surface area contributed by atoms with Gasteiger partial charge in [0.1, 0.15) is 11.2 Å². The minimum atomic E-state index is -3.28. The van der Waals surface area contributed by atoms with E-state index >= 15 is 0 Å². The molecule has 2 aromatic heterocycles. The van der Waals surface area contributed by atoms with Crippen molar-refractivity contribution < 1.29 is 17.6 Å². The van der Waals surface area contributed by atoms with E-state index in [9.17, 15) is 18.0 Å². The number of nitrogens with zero attached hydrogens (tertiary/aromatic N) is 4. The quantitative estimate of drug-likeness (QED) is 0.740. The van der Waals surface area contributed by atoms with Gasteiger partial charge in [-0.3, -0.25) is 9.59 Å². The maximum Gasteiger partial charge on any atom is 0.267 e. The van der Waals surface area contributed by atoms with Gasteiger partial charge in [0.2, 0.25) is 15.9 Å². The van der Waals surface area contributed by atoms with Crippen LogP contribution in [-0.4, -0.2) is 65.7 Å². The maximum absolute atomic E-state index is 13.1. The average molecular weight is 394 g/mol. The number of carbonyl (C=O) groups is 1. The minimum absolute atomic E-state index is 0.232. The van der Waals surface area contributed by atoms with Gasteiger partial charge in [0.15, 0.2) is 5.76 Å². The fraction of sp³-hybridized carbons (Fsp3) is 0.471. The van der Waals surface area contributed by atoms with Gasteiger partial charge in [0, 0.05) is 32.2 Å². The lowest BCUT2D eigenvalue weighted by Gasteiger charge is -2.37. The molecule has 10 heteroatoms. The van der Waals surface area contributed by atoms with Gasteiger partial charge in [-0.05, 0) is 32.0 Å². The second-order valence-corrected chi connectivity index (χ2v) is 8.94. The van der Waals surface area contributed by atoms with E-state index in [2.05, 4.69) is 5.10 Å². The highest BCUT2D eigenvalue weighted by atomic mass is 32.2. The molecule has 0 aliphatic carbocycles. The highest BCUT2D eigenvalue weighted by molar-refractivity contribution is 7.88. The first-order valence-electron chi connectivity index (χ1n) is 8.50. The van der Waals surface area contributed by atoms with Gasteiger partial charge in [-0.15, -0.1) is 0 Å². The van der Waals surface area contributed by atoms with Crippen molar-refractivity contribution in [1.82, 2.24) is 19.0 Å². The lowest BCUT2D eigenvalue weighted by Crippen LogP contribution is -2.57. The second kappa shape index (κ2) is 6.93. The van der Waals surface area contributed by atoms with Crippen molar-refractivity contribution in [2.24, 2.45) is 0 Å². The van der Waals surface area contributed by atoms with Gasteiger partial charge in [-0.1, -0.05) is 0 Å². The SMILES string of the molecule is CC(C)(C(=O)N1CCN(S(C)(=O)=O)CC1)n1nc(-c2ccco2)ccc1=O. The number of rotatable bonds is 4. The van der Waals surface area contributed by atoms with Crippen molar-refractivity contribution in [3.63, 3.8) is 0 Å². The molecule has 0 unspecified atom stereocenters. The molecule has 0 spiro atoms. The molecule has 1 fully saturated rings. The van der Waals surface area contributed by atoms with Crippen molar-refractivity contribution in [3.8, 4) is 11.5 Å². The number of piperazine rings is 1. The summed E-state index contributed by atoms with van der Waals surface area (Å²) in [5, 5.41) is 4.31. The molecule has 0 saturated carbocycles. The van der Waals surface area contributed by atoms with Crippen LogP contribution in [0.2, 0.25) is 0 Å². The maximum atomic E-state index is 13.1. The Bertz CT molecular complexity index is 987. The summed E-state index contributed by atoms with van der Waals surface area (Å²) in [6.07, 6.45) is 2.65. The number of carbonyl (C=O) groups excluding carboxylic acids is 1. The molecule has 0 aromatic carbocycles. The number of aromatic nitrogens is 2. The van der Waals surface area contributed by atoms with E-state index in [1.807, 2.05) is 0 Å². The molecule has 3 heterocycles. The Balaban J connectivity index is 1.85. The van der Waals surface area contributed by atoms with Crippen LogP contribution in [-0.2, 0) is 20.4 Å². The third-order valence-corrected chi connectivity index (χ3v) is 5.92. The van der Waals surface area contributed by atoms with Crippen molar-refractivity contribution in [3.05, 3.63) is 40.9 Å². The first kappa shape index (κ1) is 19.3. The summed E-state index contributed by atoms with van der Waals surface area (Å²) in [5.41, 5.74) is -1.19. The summed E-state index contributed by atoms with van der Waals surface area (Å²) in [6.45, 7) is 4.24. The first-order chi connectivity index (χ1) is 12.6. The molecule has 2 aromatic rings. The van der Waals surface area contributed by atoms with Gasteiger partial charge >= 0.3 is 0 Å². The summed E-state index contributed by atoms with van der Waals surface area (Å²) in [7, 11) is -3.28. The zero-order valence-corrected chi connectivity index (χ0v) is 16.3. The Labute approximate surface area is 157 Å². The minimum Gasteiger partial charge on any atom is -0.463 e. The molecule has 0 atom stereocenters. The Kier molecular flexibility index (Phi) is 4.96. The fourth-order valence-electron chi connectivity index (χ4n) is 3.07. The van der Waals surface area contributed by atoms with E-state index in [4.69, 9.17) is 4.42 Å². The van der Waals surface area contributed by atoms with Crippen molar-refractivity contribution in [2.75, 3.05) is 32.4 Å². The van der Waals surface area contributed by atoms with E-state index in [0.29, 0.717) is 11.5 Å². The van der Waals surface area contributed by atoms with Crippen LogP contribution in [0.3, 0.4) is 0 Å². The van der Waals surface area contributed by atoms with Crippen molar-refractivity contribution in [2.45, 2.75) is 19.4 Å². The smallest absolute Gasteiger partial charge is 0.267 e. The van der Waals surface area contributed by atoms with E-state index in [1.165, 1.54) is 16.6 Å². The van der Waals surface area contributed by atoms with Crippen LogP contribution < -0.4 is 5.56 Å². The van der Waals surface area contributed by atoms with Gasteiger partial charge in [-0.2, -0.15) is 9.40 Å². The molecule has 9 nitrogen and oxygen atoms in total. The Morgan fingerprint density at radius 1 is 1.15 bits per heavy atom. The highest BCUT2D eigenvalue weighted by Gasteiger charge is 2.38. The first-order valence-corrected chi connectivity index (χ1v) is 10.3. The lowest BCUT2D eigenvalue weighted by atomic mass is 10.0. The highest BCUT2D eigenvalue weighted by Crippen LogP contribution is 2.21. The molecular weight excluding hydrogens is 372 g/mol. The van der Waals surface area contributed by atoms with Crippen LogP contribution in [0.4, 0.5) is 0 Å². The van der Waals surface area contributed by atoms with Crippen molar-refractivity contribution in [1.29, 1.82) is 0 Å². The average Bonchev–Trinajstić information content (AvgIpc) is 3.15. The Morgan fingerprint density at radius 3 is 2.37 bits per heavy atom. The summed E-state index contributed by atoms with van der Waals surface area (Å²) >= 11 is 0. The van der Waals surface area contributed by atoms with Gasteiger partial charge in [-0.25, -0.2) is 13.1 Å². The molecule has 27 heavy (non-hydrogen) atoms. The Morgan fingerprint density at radius 2 is 1.81 bits per heavy atom. The van der Waals surface area contributed by atoms with E-state index < -0.39 is 21.1 Å². The molecule has 0 N–H and O–H groups in total. The van der Waals surface area contributed by atoms with Crippen molar-refractivity contribution >= 4 is 15.9 Å². The number of amides is 1. The predicted octanol–water partition coefficient (Wildman–Crippen LogP) is 0.342. The lowest BCUT2D eigenvalue weighted by molar-refractivity contribution is -0.141. The molecule has 1 aliphatic heterocycles. The molecule has 1 aliphatic rings. The standard InChI is InChI=1S/C17H22N4O5S/c1-17(2,16(23)19-8-10-20(11-9-19)27(3,24)25)21-15(22)7-6-13(18-21)14-5-4-12-26-14/h4-7,12H,8-11H2,1-3H3. The number of furan rings is 1. The van der Waals surface area contributed by atoms with Gasteiger partial charge in [0.25, 0.3) is 5.56 Å². The second-order valence-electron chi connectivity index (χ2n) is 6.96. The fourth-order valence-corrected chi connectivity index (χ4v) is 3.89. The topological polar surface area (TPSA) is 106 Å². The number of sulfonamides is 1. The monoisotopic (exact) mass is 394 g/mol. The molecule has 0 bridgehead atoms. The van der Waals surface area contributed by atoms with E-state index in [-0.39, 0.29) is 32.1 Å². The number of hydrogen-bond donors (Lipinski definition) is 0. The predicted molar refractivity (Wildman–Crippen MR) is 98.5 cm³/mol. The third-order valence-electron chi connectivity index (χ3n) is 4.62. The molecule has 1 saturated heterocycles. The molecule has 3 rings (SSSR count). The molecule has 1 amide bonds. The van der Waals surface area contributed by atoms with Crippen LogP contribution in [0.1, 0.15) is 13.8 Å². The van der Waals surface area contributed by atoms with E-state index in [1.54, 1.807) is 36.9 Å². The molecular formula is C17H22N4O5S. The largest absolute Gasteiger partial charge is 0.463 e. The zero-order valence-electron chi connectivity index (χ0n) is 15.5. The van der Waals surface area contributed by atoms with Crippen LogP contribution in [0.5, 0.6) is 0 Å². The third kappa shape index (κ3) is 3.81. The van der Waals surface area contributed by atoms with Crippen LogP contribution in [0, 0.1) is 0 Å². The van der Waals surface area contributed by atoms with Crippen LogP contribution >= 0.6 is 0 Å². The summed E-state index contributed by atoms with van der Waals surface area (Å²) in [5.74, 6) is 0.204. The normalized spacial score (nSPS) is 16.5. The number of hydrogen-bond acceptors (Lipinski definition) is 6. The van der Waals surface area contributed by atoms with E-state index in [0.717, 1.165) is 10.9 Å². The van der Waals surface area contributed by atoms with Crippen LogP contribution in [0.15, 0.2) is 39.7 Å². The molecule has 146 valence electrons. The van der Waals surface area contributed by atoms with Gasteiger partial charge in [0.05, 0.1) is 12.5 Å². The summed E-state index contributed by atoms with van der Waals surface area (Å²) < 4.78 is 31.1. The van der Waals surface area contributed by atoms with Gasteiger partial charge < -0.3 is 9.32 Å².